The minimum atomic E-state index is 0.632. The Labute approximate surface area is 154 Å². The molecule has 2 aromatic rings. The molecule has 134 valence electrons. The van der Waals surface area contributed by atoms with Crippen LogP contribution >= 0.6 is 0 Å². The molecule has 0 bridgehead atoms. The molecule has 0 spiro atoms. The molecule has 25 heavy (non-hydrogen) atoms. The van der Waals surface area contributed by atoms with Gasteiger partial charge in [-0.05, 0) is 47.3 Å². The van der Waals surface area contributed by atoms with E-state index in [1.165, 1.54) is 50.5 Å². The van der Waals surface area contributed by atoms with Crippen LogP contribution < -0.4 is 0 Å². The topological polar surface area (TPSA) is 0 Å². The van der Waals surface area contributed by atoms with Crippen molar-refractivity contribution in [2.24, 2.45) is 11.8 Å². The van der Waals surface area contributed by atoms with E-state index in [1.54, 1.807) is 11.1 Å². The fourth-order valence-electron chi connectivity index (χ4n) is 4.55. The Hall–Kier alpha value is -1.56. The average molecular weight is 335 g/mol. The van der Waals surface area contributed by atoms with Gasteiger partial charge in [-0.25, -0.2) is 0 Å². The van der Waals surface area contributed by atoms with Crippen molar-refractivity contribution in [2.75, 3.05) is 0 Å². The molecule has 0 heterocycles. The van der Waals surface area contributed by atoms with Crippen molar-refractivity contribution in [3.63, 3.8) is 0 Å². The molecule has 1 aliphatic rings. The van der Waals surface area contributed by atoms with Crippen LogP contribution in [0.2, 0.25) is 0 Å². The number of rotatable bonds is 7. The summed E-state index contributed by atoms with van der Waals surface area (Å²) in [6, 6.07) is 20.4. The first-order chi connectivity index (χ1) is 12.3. The molecule has 0 aromatic heterocycles. The molecule has 1 aliphatic carbocycles. The zero-order chi connectivity index (χ0) is 17.5. The summed E-state index contributed by atoms with van der Waals surface area (Å²) in [6.45, 7) is 4.78. The molecule has 0 saturated heterocycles. The Morgan fingerprint density at radius 1 is 0.880 bits per heavy atom. The highest BCUT2D eigenvalue weighted by molar-refractivity contribution is 5.33. The highest BCUT2D eigenvalue weighted by atomic mass is 14.3. The predicted molar refractivity (Wildman–Crippen MR) is 109 cm³/mol. The summed E-state index contributed by atoms with van der Waals surface area (Å²) in [4.78, 5) is 0. The highest BCUT2D eigenvalue weighted by Gasteiger charge is 2.23. The minimum Gasteiger partial charge on any atom is -0.0651 e. The van der Waals surface area contributed by atoms with Crippen LogP contribution in [0.5, 0.6) is 0 Å². The van der Waals surface area contributed by atoms with Crippen LogP contribution in [0.1, 0.15) is 75.0 Å². The lowest BCUT2D eigenvalue weighted by atomic mass is 9.76. The molecule has 1 saturated carbocycles. The first kappa shape index (κ1) is 18.2. The third-order valence-corrected chi connectivity index (χ3v) is 6.32. The lowest BCUT2D eigenvalue weighted by Gasteiger charge is -2.28. The van der Waals surface area contributed by atoms with E-state index in [4.69, 9.17) is 0 Å². The van der Waals surface area contributed by atoms with Gasteiger partial charge in [0.2, 0.25) is 0 Å². The molecule has 0 aliphatic heterocycles. The third kappa shape index (κ3) is 4.97. The van der Waals surface area contributed by atoms with Crippen molar-refractivity contribution >= 4 is 0 Å². The van der Waals surface area contributed by atoms with Crippen LogP contribution in [-0.2, 0) is 12.8 Å². The van der Waals surface area contributed by atoms with E-state index in [-0.39, 0.29) is 0 Å². The lowest BCUT2D eigenvalue weighted by molar-refractivity contribution is 0.353. The van der Waals surface area contributed by atoms with Gasteiger partial charge in [-0.3, -0.25) is 0 Å². The second kappa shape index (κ2) is 9.22. The van der Waals surface area contributed by atoms with Gasteiger partial charge in [0.1, 0.15) is 0 Å². The number of hydrogen-bond acceptors (Lipinski definition) is 0. The lowest BCUT2D eigenvalue weighted by Crippen LogP contribution is -2.17. The second-order valence-corrected chi connectivity index (χ2v) is 8.09. The van der Waals surface area contributed by atoms with Crippen LogP contribution in [0.25, 0.3) is 0 Å². The summed E-state index contributed by atoms with van der Waals surface area (Å²) >= 11 is 0. The standard InChI is InChI=1S/C25H34/c1-3-20(2)25(19-22-14-8-5-9-15-22)24-17-11-10-16-23(24)18-21-12-6-4-7-13-21/h5,8-11,14-17,20-21,25H,3-4,6-7,12-13,18-19H2,1-2H3. The van der Waals surface area contributed by atoms with E-state index in [9.17, 15) is 0 Å². The summed E-state index contributed by atoms with van der Waals surface area (Å²) in [7, 11) is 0. The summed E-state index contributed by atoms with van der Waals surface area (Å²) in [6.07, 6.45) is 10.9. The van der Waals surface area contributed by atoms with Crippen LogP contribution in [0.15, 0.2) is 54.6 Å². The van der Waals surface area contributed by atoms with E-state index in [1.807, 2.05) is 0 Å². The molecule has 0 N–H and O–H groups in total. The van der Waals surface area contributed by atoms with Crippen molar-refractivity contribution in [1.29, 1.82) is 0 Å². The van der Waals surface area contributed by atoms with Gasteiger partial charge in [-0.1, -0.05) is 107 Å². The van der Waals surface area contributed by atoms with E-state index in [0.717, 1.165) is 12.3 Å². The van der Waals surface area contributed by atoms with Gasteiger partial charge >= 0.3 is 0 Å². The maximum absolute atomic E-state index is 2.44. The molecule has 3 rings (SSSR count). The van der Waals surface area contributed by atoms with Crippen molar-refractivity contribution < 1.29 is 0 Å². The Bertz CT molecular complexity index is 621. The Morgan fingerprint density at radius 3 is 2.28 bits per heavy atom. The van der Waals surface area contributed by atoms with E-state index in [0.29, 0.717) is 11.8 Å². The molecule has 0 heteroatoms. The van der Waals surface area contributed by atoms with Crippen LogP contribution in [0, 0.1) is 11.8 Å². The van der Waals surface area contributed by atoms with Crippen molar-refractivity contribution in [3.8, 4) is 0 Å². The van der Waals surface area contributed by atoms with Crippen LogP contribution in [0.3, 0.4) is 0 Å². The van der Waals surface area contributed by atoms with E-state index < -0.39 is 0 Å². The van der Waals surface area contributed by atoms with Gasteiger partial charge in [-0.15, -0.1) is 0 Å². The smallest absolute Gasteiger partial charge is 0.00932 e. The maximum atomic E-state index is 2.44. The maximum Gasteiger partial charge on any atom is -0.00932 e. The van der Waals surface area contributed by atoms with Crippen LogP contribution in [0.4, 0.5) is 0 Å². The van der Waals surface area contributed by atoms with Gasteiger partial charge in [0.05, 0.1) is 0 Å². The van der Waals surface area contributed by atoms with E-state index >= 15 is 0 Å². The highest BCUT2D eigenvalue weighted by Crippen LogP contribution is 2.35. The van der Waals surface area contributed by atoms with Gasteiger partial charge in [0.15, 0.2) is 0 Å². The second-order valence-electron chi connectivity index (χ2n) is 8.09. The Balaban J connectivity index is 1.84. The first-order valence-electron chi connectivity index (χ1n) is 10.4. The van der Waals surface area contributed by atoms with Crippen molar-refractivity contribution in [2.45, 2.75) is 71.1 Å². The largest absolute Gasteiger partial charge is 0.0651 e. The van der Waals surface area contributed by atoms with Gasteiger partial charge in [-0.2, -0.15) is 0 Å². The summed E-state index contributed by atoms with van der Waals surface area (Å²) in [5.74, 6) is 2.25. The first-order valence-corrected chi connectivity index (χ1v) is 10.4. The quantitative estimate of drug-likeness (QED) is 0.503. The molecule has 2 unspecified atom stereocenters. The monoisotopic (exact) mass is 334 g/mol. The molecule has 1 fully saturated rings. The fraction of sp³-hybridized carbons (Fsp3) is 0.520. The van der Waals surface area contributed by atoms with Gasteiger partial charge in [0.25, 0.3) is 0 Å². The average Bonchev–Trinajstić information content (AvgIpc) is 2.68. The molecular weight excluding hydrogens is 300 g/mol. The Morgan fingerprint density at radius 2 is 1.56 bits per heavy atom. The summed E-state index contributed by atoms with van der Waals surface area (Å²) < 4.78 is 0. The predicted octanol–water partition coefficient (Wildman–Crippen LogP) is 7.18. The van der Waals surface area contributed by atoms with Crippen LogP contribution in [-0.4, -0.2) is 0 Å². The normalized spacial score (nSPS) is 18.0. The SMILES string of the molecule is CCC(C)C(Cc1ccccc1)c1ccccc1CC1CCCCC1. The fourth-order valence-corrected chi connectivity index (χ4v) is 4.55. The van der Waals surface area contributed by atoms with E-state index in [2.05, 4.69) is 68.4 Å². The Kier molecular flexibility index (Phi) is 6.73. The summed E-state index contributed by atoms with van der Waals surface area (Å²) in [5, 5.41) is 0. The molecule has 2 atom stereocenters. The zero-order valence-electron chi connectivity index (χ0n) is 16.1. The van der Waals surface area contributed by atoms with Crippen molar-refractivity contribution in [3.05, 3.63) is 71.3 Å². The molecular formula is C25H34. The van der Waals surface area contributed by atoms with Gasteiger partial charge < -0.3 is 0 Å². The van der Waals surface area contributed by atoms with Crippen molar-refractivity contribution in [1.82, 2.24) is 0 Å². The molecule has 0 nitrogen and oxygen atoms in total. The third-order valence-electron chi connectivity index (χ3n) is 6.32. The molecule has 0 amide bonds. The number of hydrogen-bond donors (Lipinski definition) is 0. The molecule has 0 radical (unpaired) electrons. The molecule has 2 aromatic carbocycles. The van der Waals surface area contributed by atoms with Gasteiger partial charge in [0, 0.05) is 0 Å². The zero-order valence-corrected chi connectivity index (χ0v) is 16.1. The minimum absolute atomic E-state index is 0.632. The summed E-state index contributed by atoms with van der Waals surface area (Å²) in [5.41, 5.74) is 4.71. The number of benzene rings is 2.